The molecule has 1 unspecified atom stereocenters. The molecule has 1 aliphatic rings. The molecule has 0 spiro atoms. The molecule has 2 rings (SSSR count). The van der Waals surface area contributed by atoms with Crippen molar-refractivity contribution in [2.75, 3.05) is 0 Å². The van der Waals surface area contributed by atoms with Gasteiger partial charge < -0.3 is 14.9 Å². The van der Waals surface area contributed by atoms with Gasteiger partial charge in [-0.05, 0) is 32.6 Å². The van der Waals surface area contributed by atoms with E-state index < -0.39 is 5.97 Å². The van der Waals surface area contributed by atoms with Crippen molar-refractivity contribution in [2.24, 2.45) is 0 Å². The number of carbonyl (C=O) groups is 2. The SMILES string of the molecule is CC(CCC(=O)O)NC(=O)c1noc2c1CCCC2. The fraction of sp³-hybridized carbons (Fsp3) is 0.615. The molecule has 6 nitrogen and oxygen atoms in total. The van der Waals surface area contributed by atoms with Crippen molar-refractivity contribution in [2.45, 2.75) is 51.5 Å². The summed E-state index contributed by atoms with van der Waals surface area (Å²) in [6, 6.07) is -0.195. The zero-order chi connectivity index (χ0) is 13.8. The van der Waals surface area contributed by atoms with E-state index in [0.717, 1.165) is 37.0 Å². The van der Waals surface area contributed by atoms with Crippen LogP contribution in [0, 0.1) is 0 Å². The normalized spacial score (nSPS) is 15.6. The Morgan fingerprint density at radius 1 is 1.42 bits per heavy atom. The van der Waals surface area contributed by atoms with Crippen molar-refractivity contribution < 1.29 is 19.2 Å². The lowest BCUT2D eigenvalue weighted by Crippen LogP contribution is -2.33. The van der Waals surface area contributed by atoms with Crippen molar-refractivity contribution in [3.63, 3.8) is 0 Å². The molecular formula is C13H18N2O4. The maximum absolute atomic E-state index is 12.1. The fourth-order valence-corrected chi connectivity index (χ4v) is 2.27. The second-order valence-corrected chi connectivity index (χ2v) is 4.95. The highest BCUT2D eigenvalue weighted by molar-refractivity contribution is 5.94. The molecule has 1 atom stereocenters. The Bertz CT molecular complexity index is 481. The second kappa shape index (κ2) is 5.86. The number of hydrogen-bond acceptors (Lipinski definition) is 4. The molecule has 1 aliphatic carbocycles. The summed E-state index contributed by atoms with van der Waals surface area (Å²) in [7, 11) is 0. The molecule has 0 aliphatic heterocycles. The smallest absolute Gasteiger partial charge is 0.303 e. The van der Waals surface area contributed by atoms with Gasteiger partial charge in [0, 0.05) is 24.4 Å². The number of carboxylic acid groups (broad SMARTS) is 1. The molecule has 1 heterocycles. The van der Waals surface area contributed by atoms with Crippen molar-refractivity contribution >= 4 is 11.9 Å². The van der Waals surface area contributed by atoms with Crippen molar-refractivity contribution in [1.82, 2.24) is 10.5 Å². The summed E-state index contributed by atoms with van der Waals surface area (Å²) in [5, 5.41) is 15.2. The minimum absolute atomic E-state index is 0.0400. The van der Waals surface area contributed by atoms with Gasteiger partial charge in [0.1, 0.15) is 5.76 Å². The third kappa shape index (κ3) is 3.33. The third-order valence-corrected chi connectivity index (χ3v) is 3.33. The van der Waals surface area contributed by atoms with Gasteiger partial charge in [0.25, 0.3) is 5.91 Å². The average molecular weight is 266 g/mol. The third-order valence-electron chi connectivity index (χ3n) is 3.33. The highest BCUT2D eigenvalue weighted by Gasteiger charge is 2.24. The van der Waals surface area contributed by atoms with E-state index in [1.165, 1.54) is 0 Å². The monoisotopic (exact) mass is 266 g/mol. The van der Waals surface area contributed by atoms with Gasteiger partial charge in [-0.2, -0.15) is 0 Å². The maximum atomic E-state index is 12.1. The van der Waals surface area contributed by atoms with Crippen LogP contribution in [-0.2, 0) is 17.6 Å². The van der Waals surface area contributed by atoms with Gasteiger partial charge in [-0.15, -0.1) is 0 Å². The Labute approximate surface area is 111 Å². The summed E-state index contributed by atoms with van der Waals surface area (Å²) in [5.74, 6) is -0.320. The van der Waals surface area contributed by atoms with E-state index in [1.807, 2.05) is 0 Å². The van der Waals surface area contributed by atoms with E-state index in [0.29, 0.717) is 12.1 Å². The number of aliphatic carboxylic acids is 1. The van der Waals surface area contributed by atoms with Crippen LogP contribution >= 0.6 is 0 Å². The highest BCUT2D eigenvalue weighted by Crippen LogP contribution is 2.24. The van der Waals surface area contributed by atoms with E-state index in [4.69, 9.17) is 9.63 Å². The number of aryl methyl sites for hydroxylation is 1. The van der Waals surface area contributed by atoms with Gasteiger partial charge in [0.2, 0.25) is 0 Å². The minimum Gasteiger partial charge on any atom is -0.481 e. The van der Waals surface area contributed by atoms with Crippen LogP contribution in [0.5, 0.6) is 0 Å². The molecule has 0 radical (unpaired) electrons. The zero-order valence-electron chi connectivity index (χ0n) is 10.9. The first-order valence-corrected chi connectivity index (χ1v) is 6.58. The Balaban J connectivity index is 1.96. The number of nitrogens with one attached hydrogen (secondary N) is 1. The molecule has 0 fully saturated rings. The number of fused-ring (bicyclic) bond motifs is 1. The molecule has 0 bridgehead atoms. The summed E-state index contributed by atoms with van der Waals surface area (Å²) in [4.78, 5) is 22.5. The molecule has 2 N–H and O–H groups in total. The van der Waals surface area contributed by atoms with Crippen molar-refractivity contribution in [1.29, 1.82) is 0 Å². The fourth-order valence-electron chi connectivity index (χ4n) is 2.27. The standard InChI is InChI=1S/C13H18N2O4/c1-8(6-7-11(16)17)14-13(18)12-9-4-2-3-5-10(9)19-15-12/h8H,2-7H2,1H3,(H,14,18)(H,16,17). The van der Waals surface area contributed by atoms with Gasteiger partial charge in [0.15, 0.2) is 5.69 Å². The Kier molecular flexibility index (Phi) is 4.19. The zero-order valence-corrected chi connectivity index (χ0v) is 10.9. The minimum atomic E-state index is -0.861. The number of aromatic nitrogens is 1. The molecule has 19 heavy (non-hydrogen) atoms. The number of nitrogens with zero attached hydrogens (tertiary/aromatic N) is 1. The van der Waals surface area contributed by atoms with Crippen LogP contribution in [0.2, 0.25) is 0 Å². The van der Waals surface area contributed by atoms with Crippen LogP contribution in [0.3, 0.4) is 0 Å². The molecule has 6 heteroatoms. The molecule has 1 aromatic rings. The van der Waals surface area contributed by atoms with Crippen LogP contribution in [0.4, 0.5) is 0 Å². The molecule has 0 aromatic carbocycles. The molecule has 1 amide bonds. The number of hydrogen-bond donors (Lipinski definition) is 2. The van der Waals surface area contributed by atoms with Gasteiger partial charge in [-0.25, -0.2) is 0 Å². The predicted molar refractivity (Wildman–Crippen MR) is 66.9 cm³/mol. The number of carbonyl (C=O) groups excluding carboxylic acids is 1. The van der Waals surface area contributed by atoms with E-state index in [2.05, 4.69) is 10.5 Å². The van der Waals surface area contributed by atoms with Gasteiger partial charge in [-0.3, -0.25) is 9.59 Å². The number of amides is 1. The lowest BCUT2D eigenvalue weighted by Gasteiger charge is -2.13. The van der Waals surface area contributed by atoms with Crippen LogP contribution in [0.25, 0.3) is 0 Å². The largest absolute Gasteiger partial charge is 0.481 e. The molecule has 104 valence electrons. The van der Waals surface area contributed by atoms with Crippen LogP contribution in [0.15, 0.2) is 4.52 Å². The lowest BCUT2D eigenvalue weighted by atomic mass is 9.96. The van der Waals surface area contributed by atoms with E-state index in [9.17, 15) is 9.59 Å². The molecular weight excluding hydrogens is 248 g/mol. The summed E-state index contributed by atoms with van der Waals surface area (Å²) in [5.41, 5.74) is 1.27. The summed E-state index contributed by atoms with van der Waals surface area (Å²) >= 11 is 0. The second-order valence-electron chi connectivity index (χ2n) is 4.95. The predicted octanol–water partition coefficient (Wildman–Crippen LogP) is 1.54. The Morgan fingerprint density at radius 3 is 2.89 bits per heavy atom. The first-order chi connectivity index (χ1) is 9.08. The summed E-state index contributed by atoms with van der Waals surface area (Å²) in [6.07, 6.45) is 4.22. The molecule has 0 saturated carbocycles. The lowest BCUT2D eigenvalue weighted by molar-refractivity contribution is -0.137. The first-order valence-electron chi connectivity index (χ1n) is 6.58. The van der Waals surface area contributed by atoms with E-state index >= 15 is 0 Å². The van der Waals surface area contributed by atoms with Crippen molar-refractivity contribution in [3.05, 3.63) is 17.0 Å². The Morgan fingerprint density at radius 2 is 2.16 bits per heavy atom. The van der Waals surface area contributed by atoms with E-state index in [1.54, 1.807) is 6.92 Å². The highest BCUT2D eigenvalue weighted by atomic mass is 16.5. The Hall–Kier alpha value is -1.85. The molecule has 0 saturated heterocycles. The maximum Gasteiger partial charge on any atom is 0.303 e. The number of rotatable bonds is 5. The quantitative estimate of drug-likeness (QED) is 0.843. The van der Waals surface area contributed by atoms with Crippen LogP contribution in [-0.4, -0.2) is 28.2 Å². The van der Waals surface area contributed by atoms with Crippen LogP contribution in [0.1, 0.15) is 54.4 Å². The number of carboxylic acids is 1. The summed E-state index contributed by atoms with van der Waals surface area (Å²) in [6.45, 7) is 1.79. The van der Waals surface area contributed by atoms with Crippen LogP contribution < -0.4 is 5.32 Å². The first kappa shape index (κ1) is 13.6. The van der Waals surface area contributed by atoms with E-state index in [-0.39, 0.29) is 18.4 Å². The summed E-state index contributed by atoms with van der Waals surface area (Å²) < 4.78 is 5.18. The van der Waals surface area contributed by atoms with Gasteiger partial charge >= 0.3 is 5.97 Å². The molecule has 1 aromatic heterocycles. The van der Waals surface area contributed by atoms with Gasteiger partial charge in [-0.1, -0.05) is 5.16 Å². The topological polar surface area (TPSA) is 92.4 Å². The average Bonchev–Trinajstić information content (AvgIpc) is 2.80. The van der Waals surface area contributed by atoms with Gasteiger partial charge in [0.05, 0.1) is 0 Å². The van der Waals surface area contributed by atoms with Crippen molar-refractivity contribution in [3.8, 4) is 0 Å².